The van der Waals surface area contributed by atoms with E-state index < -0.39 is 6.10 Å². The minimum atomic E-state index is -0.758. The number of carbonyl (C=O) groups excluding carboxylic acids is 3. The maximum absolute atomic E-state index is 12.7. The Hall–Kier alpha value is -1.59. The Bertz CT molecular complexity index is 798. The Balaban J connectivity index is 4.29. The third-order valence-electron chi connectivity index (χ3n) is 10.9. The predicted molar refractivity (Wildman–Crippen MR) is 229 cm³/mol. The van der Waals surface area contributed by atoms with Crippen LogP contribution in [0.5, 0.6) is 0 Å². The quantitative estimate of drug-likeness (QED) is 0.0349. The fourth-order valence-electron chi connectivity index (χ4n) is 7.21. The molecule has 6 heteroatoms. The van der Waals surface area contributed by atoms with E-state index >= 15 is 0 Å². The first-order valence-electron chi connectivity index (χ1n) is 24.0. The van der Waals surface area contributed by atoms with Gasteiger partial charge in [0, 0.05) is 19.3 Å². The molecule has 0 unspecified atom stereocenters. The molecule has 0 spiro atoms. The number of rotatable bonds is 44. The van der Waals surface area contributed by atoms with Gasteiger partial charge in [0.15, 0.2) is 6.10 Å². The number of unbranched alkanes of at least 4 members (excludes halogenated alkanes) is 33. The van der Waals surface area contributed by atoms with Crippen molar-refractivity contribution in [1.82, 2.24) is 0 Å². The van der Waals surface area contributed by atoms with Gasteiger partial charge >= 0.3 is 17.9 Å². The highest BCUT2D eigenvalue weighted by atomic mass is 16.6. The van der Waals surface area contributed by atoms with Crippen LogP contribution in [0.3, 0.4) is 0 Å². The second-order valence-electron chi connectivity index (χ2n) is 16.4. The van der Waals surface area contributed by atoms with Crippen LogP contribution in [0.4, 0.5) is 0 Å². The van der Waals surface area contributed by atoms with Crippen molar-refractivity contribution in [3.8, 4) is 0 Å². The summed E-state index contributed by atoms with van der Waals surface area (Å²) < 4.78 is 16.7. The Morgan fingerprint density at radius 3 is 0.741 bits per heavy atom. The molecule has 0 bridgehead atoms. The summed E-state index contributed by atoms with van der Waals surface area (Å²) in [6.07, 6.45) is 45.1. The van der Waals surface area contributed by atoms with Crippen LogP contribution in [0.2, 0.25) is 0 Å². The normalized spacial score (nSPS) is 11.8. The fraction of sp³-hybridized carbons (Fsp3) is 0.938. The summed E-state index contributed by atoms with van der Waals surface area (Å²) in [6.45, 7) is 6.64. The van der Waals surface area contributed by atoms with Crippen molar-refractivity contribution in [1.29, 1.82) is 0 Å². The largest absolute Gasteiger partial charge is 0.462 e. The molecule has 0 saturated heterocycles. The van der Waals surface area contributed by atoms with E-state index in [0.29, 0.717) is 19.3 Å². The molecule has 320 valence electrons. The summed E-state index contributed by atoms with van der Waals surface area (Å²) in [7, 11) is 0. The molecule has 54 heavy (non-hydrogen) atoms. The molecule has 1 atom stereocenters. The molecule has 0 heterocycles. The first-order valence-corrected chi connectivity index (χ1v) is 24.0. The maximum Gasteiger partial charge on any atom is 0.306 e. The number of ether oxygens (including phenoxy) is 3. The molecule has 0 aliphatic heterocycles. The Morgan fingerprint density at radius 2 is 0.500 bits per heavy atom. The van der Waals surface area contributed by atoms with Gasteiger partial charge in [0.25, 0.3) is 0 Å². The molecule has 0 aliphatic carbocycles. The van der Waals surface area contributed by atoms with Crippen molar-refractivity contribution >= 4 is 17.9 Å². The van der Waals surface area contributed by atoms with Gasteiger partial charge in [-0.2, -0.15) is 0 Å². The third-order valence-corrected chi connectivity index (χ3v) is 10.9. The van der Waals surface area contributed by atoms with Gasteiger partial charge in [0.05, 0.1) is 0 Å². The second kappa shape index (κ2) is 44.1. The minimum Gasteiger partial charge on any atom is -0.462 e. The van der Waals surface area contributed by atoms with Crippen LogP contribution in [0.15, 0.2) is 0 Å². The smallest absolute Gasteiger partial charge is 0.306 e. The van der Waals surface area contributed by atoms with Crippen molar-refractivity contribution in [2.45, 2.75) is 277 Å². The fourth-order valence-corrected chi connectivity index (χ4v) is 7.21. The monoisotopic (exact) mass is 765 g/mol. The third kappa shape index (κ3) is 41.6. The zero-order valence-electron chi connectivity index (χ0n) is 36.5. The lowest BCUT2D eigenvalue weighted by Crippen LogP contribution is -2.30. The van der Waals surface area contributed by atoms with Crippen LogP contribution in [-0.2, 0) is 28.6 Å². The zero-order valence-corrected chi connectivity index (χ0v) is 36.5. The number of hydrogen-bond donors (Lipinski definition) is 0. The highest BCUT2D eigenvalue weighted by Gasteiger charge is 2.19. The number of carbonyl (C=O) groups is 3. The van der Waals surface area contributed by atoms with Crippen molar-refractivity contribution in [2.75, 3.05) is 13.2 Å². The van der Waals surface area contributed by atoms with Crippen molar-refractivity contribution in [3.63, 3.8) is 0 Å². The van der Waals surface area contributed by atoms with Crippen LogP contribution < -0.4 is 0 Å². The molecule has 0 fully saturated rings. The summed E-state index contributed by atoms with van der Waals surface area (Å²) in [5.74, 6) is -0.850. The SMILES string of the molecule is CCCCCCCCCCCCCCCCCC(=O)O[C@@H](COC(=O)CCCCCCCCCCC)COC(=O)CCCCCCCCCCCCCC. The Morgan fingerprint density at radius 1 is 0.296 bits per heavy atom. The molecule has 0 amide bonds. The van der Waals surface area contributed by atoms with Gasteiger partial charge in [-0.25, -0.2) is 0 Å². The van der Waals surface area contributed by atoms with E-state index in [0.717, 1.165) is 57.8 Å². The molecular weight excluding hydrogens is 673 g/mol. The average Bonchev–Trinajstić information content (AvgIpc) is 3.17. The van der Waals surface area contributed by atoms with Gasteiger partial charge < -0.3 is 14.2 Å². The summed E-state index contributed by atoms with van der Waals surface area (Å²) in [6, 6.07) is 0. The van der Waals surface area contributed by atoms with Gasteiger partial charge in [0.1, 0.15) is 13.2 Å². The molecule has 0 saturated carbocycles. The van der Waals surface area contributed by atoms with Crippen LogP contribution in [-0.4, -0.2) is 37.2 Å². The average molecular weight is 765 g/mol. The summed E-state index contributed by atoms with van der Waals surface area (Å²) in [5.41, 5.74) is 0. The molecule has 0 aromatic heterocycles. The molecular formula is C48H92O6. The Kier molecular flexibility index (Phi) is 42.8. The lowest BCUT2D eigenvalue weighted by Gasteiger charge is -2.18. The molecule has 0 radical (unpaired) electrons. The van der Waals surface area contributed by atoms with Gasteiger partial charge in [-0.1, -0.05) is 233 Å². The maximum atomic E-state index is 12.7. The van der Waals surface area contributed by atoms with E-state index in [1.807, 2.05) is 0 Å². The molecule has 0 aliphatic rings. The van der Waals surface area contributed by atoms with Crippen molar-refractivity contribution < 1.29 is 28.6 Å². The summed E-state index contributed by atoms with van der Waals surface area (Å²) >= 11 is 0. The molecule has 0 N–H and O–H groups in total. The first kappa shape index (κ1) is 52.4. The lowest BCUT2D eigenvalue weighted by atomic mass is 10.0. The van der Waals surface area contributed by atoms with E-state index in [9.17, 15) is 14.4 Å². The van der Waals surface area contributed by atoms with Crippen LogP contribution >= 0.6 is 0 Å². The molecule has 0 aromatic rings. The van der Waals surface area contributed by atoms with E-state index in [-0.39, 0.29) is 31.1 Å². The lowest BCUT2D eigenvalue weighted by molar-refractivity contribution is -0.167. The first-order chi connectivity index (χ1) is 26.5. The van der Waals surface area contributed by atoms with Gasteiger partial charge in [-0.05, 0) is 19.3 Å². The molecule has 0 aromatic carbocycles. The topological polar surface area (TPSA) is 78.9 Å². The molecule has 6 nitrogen and oxygen atoms in total. The standard InChI is InChI=1S/C48H92O6/c1-4-7-10-13-16-19-21-23-24-25-27-30-33-36-39-42-48(51)54-45(43-52-46(49)40-37-34-31-28-18-15-12-9-6-3)44-53-47(50)41-38-35-32-29-26-22-20-17-14-11-8-5-2/h45H,4-44H2,1-3H3/t45-/m0/s1. The highest BCUT2D eigenvalue weighted by Crippen LogP contribution is 2.16. The predicted octanol–water partition coefficient (Wildman–Crippen LogP) is 15.3. The van der Waals surface area contributed by atoms with E-state index in [2.05, 4.69) is 20.8 Å². The van der Waals surface area contributed by atoms with E-state index in [1.165, 1.54) is 173 Å². The van der Waals surface area contributed by atoms with Gasteiger partial charge in [-0.15, -0.1) is 0 Å². The van der Waals surface area contributed by atoms with Crippen LogP contribution in [0.25, 0.3) is 0 Å². The van der Waals surface area contributed by atoms with Gasteiger partial charge in [-0.3, -0.25) is 14.4 Å². The van der Waals surface area contributed by atoms with E-state index in [4.69, 9.17) is 14.2 Å². The Labute approximate surface area is 336 Å². The minimum absolute atomic E-state index is 0.0625. The van der Waals surface area contributed by atoms with Crippen molar-refractivity contribution in [2.24, 2.45) is 0 Å². The number of hydrogen-bond acceptors (Lipinski definition) is 6. The van der Waals surface area contributed by atoms with Crippen LogP contribution in [0.1, 0.15) is 271 Å². The van der Waals surface area contributed by atoms with Crippen molar-refractivity contribution in [3.05, 3.63) is 0 Å². The van der Waals surface area contributed by atoms with E-state index in [1.54, 1.807) is 0 Å². The molecule has 0 rings (SSSR count). The summed E-state index contributed by atoms with van der Waals surface area (Å²) in [5, 5.41) is 0. The second-order valence-corrected chi connectivity index (χ2v) is 16.4. The zero-order chi connectivity index (χ0) is 39.4. The number of esters is 3. The van der Waals surface area contributed by atoms with Gasteiger partial charge in [0.2, 0.25) is 0 Å². The summed E-state index contributed by atoms with van der Waals surface area (Å²) in [4.78, 5) is 37.7. The highest BCUT2D eigenvalue weighted by molar-refractivity contribution is 5.71. The van der Waals surface area contributed by atoms with Crippen LogP contribution in [0, 0.1) is 0 Å².